The van der Waals surface area contributed by atoms with E-state index >= 15 is 0 Å². The standard InChI is InChI=1S/C6H6N2O/c7-5-4-8-3-1-2-6(8)9-5/h1-4H,7H2. The van der Waals surface area contributed by atoms with Crippen molar-refractivity contribution in [2.24, 2.45) is 0 Å². The van der Waals surface area contributed by atoms with Crippen LogP contribution in [0.15, 0.2) is 28.9 Å². The number of fused-ring (bicyclic) bond motifs is 1. The normalized spacial score (nSPS) is 10.7. The number of oxazole rings is 1. The highest BCUT2D eigenvalue weighted by Crippen LogP contribution is 2.10. The number of hydrogen-bond donors (Lipinski definition) is 1. The van der Waals surface area contributed by atoms with E-state index in [0.717, 1.165) is 5.71 Å². The van der Waals surface area contributed by atoms with E-state index in [0.29, 0.717) is 5.88 Å². The minimum atomic E-state index is 0.450. The summed E-state index contributed by atoms with van der Waals surface area (Å²) >= 11 is 0. The molecule has 0 fully saturated rings. The van der Waals surface area contributed by atoms with Gasteiger partial charge in [-0.3, -0.25) is 4.40 Å². The Balaban J connectivity index is 2.92. The van der Waals surface area contributed by atoms with Gasteiger partial charge in [0.05, 0.1) is 6.20 Å². The number of nitrogen functional groups attached to an aromatic ring is 1. The Bertz CT molecular complexity index is 292. The van der Waals surface area contributed by atoms with Gasteiger partial charge >= 0.3 is 0 Å². The fourth-order valence-corrected chi connectivity index (χ4v) is 0.855. The van der Waals surface area contributed by atoms with E-state index in [9.17, 15) is 0 Å². The monoisotopic (exact) mass is 122 g/mol. The van der Waals surface area contributed by atoms with E-state index in [2.05, 4.69) is 0 Å². The lowest BCUT2D eigenvalue weighted by Gasteiger charge is -1.72. The third kappa shape index (κ3) is 0.512. The molecule has 0 aliphatic carbocycles. The summed E-state index contributed by atoms with van der Waals surface area (Å²) in [6.45, 7) is 0. The highest BCUT2D eigenvalue weighted by Gasteiger charge is 1.95. The van der Waals surface area contributed by atoms with Crippen molar-refractivity contribution >= 4 is 11.6 Å². The van der Waals surface area contributed by atoms with E-state index in [1.165, 1.54) is 0 Å². The predicted octanol–water partition coefficient (Wildman–Crippen LogP) is 1.11. The third-order valence-corrected chi connectivity index (χ3v) is 1.23. The van der Waals surface area contributed by atoms with Crippen LogP contribution in [0.4, 0.5) is 5.88 Å². The maximum Gasteiger partial charge on any atom is 0.209 e. The first-order valence-corrected chi connectivity index (χ1v) is 2.68. The van der Waals surface area contributed by atoms with Crippen LogP contribution >= 0.6 is 0 Å². The Morgan fingerprint density at radius 1 is 1.56 bits per heavy atom. The topological polar surface area (TPSA) is 43.6 Å². The van der Waals surface area contributed by atoms with Gasteiger partial charge < -0.3 is 10.2 Å². The molecular weight excluding hydrogens is 116 g/mol. The van der Waals surface area contributed by atoms with E-state index in [4.69, 9.17) is 10.2 Å². The lowest BCUT2D eigenvalue weighted by molar-refractivity contribution is 0.629. The summed E-state index contributed by atoms with van der Waals surface area (Å²) in [5.41, 5.74) is 6.13. The highest BCUT2D eigenvalue weighted by atomic mass is 16.4. The van der Waals surface area contributed by atoms with Crippen LogP contribution in [0.5, 0.6) is 0 Å². The van der Waals surface area contributed by atoms with E-state index in [-0.39, 0.29) is 0 Å². The van der Waals surface area contributed by atoms with Crippen molar-refractivity contribution in [2.45, 2.75) is 0 Å². The molecule has 0 amide bonds. The smallest absolute Gasteiger partial charge is 0.209 e. The van der Waals surface area contributed by atoms with Crippen molar-refractivity contribution in [1.29, 1.82) is 0 Å². The first-order chi connectivity index (χ1) is 4.36. The van der Waals surface area contributed by atoms with Crippen LogP contribution in [0.2, 0.25) is 0 Å². The van der Waals surface area contributed by atoms with Gasteiger partial charge in [0.1, 0.15) is 0 Å². The molecule has 3 heteroatoms. The Labute approximate surface area is 51.7 Å². The van der Waals surface area contributed by atoms with Gasteiger partial charge in [0, 0.05) is 12.3 Å². The molecule has 0 aliphatic rings. The van der Waals surface area contributed by atoms with Gasteiger partial charge in [-0.2, -0.15) is 0 Å². The Morgan fingerprint density at radius 3 is 3.22 bits per heavy atom. The second-order valence-electron chi connectivity index (χ2n) is 1.89. The Hall–Kier alpha value is -1.38. The molecule has 3 nitrogen and oxygen atoms in total. The third-order valence-electron chi connectivity index (χ3n) is 1.23. The van der Waals surface area contributed by atoms with Gasteiger partial charge in [0.2, 0.25) is 11.6 Å². The van der Waals surface area contributed by atoms with Crippen LogP contribution in [0.3, 0.4) is 0 Å². The van der Waals surface area contributed by atoms with Crippen molar-refractivity contribution in [3.63, 3.8) is 0 Å². The Morgan fingerprint density at radius 2 is 2.44 bits per heavy atom. The summed E-state index contributed by atoms with van der Waals surface area (Å²) in [5.74, 6) is 0.450. The maximum atomic E-state index is 5.35. The molecule has 2 heterocycles. The second-order valence-corrected chi connectivity index (χ2v) is 1.89. The molecule has 0 saturated carbocycles. The molecule has 0 unspecified atom stereocenters. The molecule has 0 atom stereocenters. The summed E-state index contributed by atoms with van der Waals surface area (Å²) in [7, 11) is 0. The predicted molar refractivity (Wildman–Crippen MR) is 34.1 cm³/mol. The first kappa shape index (κ1) is 4.49. The van der Waals surface area contributed by atoms with Gasteiger partial charge in [-0.05, 0) is 6.07 Å². The molecule has 0 aromatic carbocycles. The van der Waals surface area contributed by atoms with Crippen molar-refractivity contribution in [1.82, 2.24) is 4.40 Å². The number of aromatic nitrogens is 1. The minimum absolute atomic E-state index is 0.450. The van der Waals surface area contributed by atoms with Gasteiger partial charge in [-0.25, -0.2) is 0 Å². The number of nitrogens with two attached hydrogens (primary N) is 1. The van der Waals surface area contributed by atoms with Crippen molar-refractivity contribution in [3.8, 4) is 0 Å². The molecule has 2 rings (SSSR count). The van der Waals surface area contributed by atoms with Gasteiger partial charge in [-0.1, -0.05) is 0 Å². The molecule has 0 bridgehead atoms. The Kier molecular flexibility index (Phi) is 0.656. The molecule has 0 aliphatic heterocycles. The minimum Gasteiger partial charge on any atom is -0.423 e. The lowest BCUT2D eigenvalue weighted by atomic mass is 10.7. The average molecular weight is 122 g/mol. The van der Waals surface area contributed by atoms with E-state index in [1.807, 2.05) is 22.7 Å². The van der Waals surface area contributed by atoms with E-state index in [1.54, 1.807) is 6.20 Å². The van der Waals surface area contributed by atoms with Crippen molar-refractivity contribution < 1.29 is 4.42 Å². The van der Waals surface area contributed by atoms with Crippen LogP contribution in [-0.2, 0) is 0 Å². The summed E-state index contributed by atoms with van der Waals surface area (Å²) < 4.78 is 6.88. The zero-order valence-corrected chi connectivity index (χ0v) is 4.74. The second kappa shape index (κ2) is 1.31. The molecular formula is C6H6N2O. The van der Waals surface area contributed by atoms with Gasteiger partial charge in [0.15, 0.2) is 0 Å². The molecule has 2 aromatic rings. The van der Waals surface area contributed by atoms with Crippen LogP contribution in [0.1, 0.15) is 0 Å². The van der Waals surface area contributed by atoms with Crippen LogP contribution in [-0.4, -0.2) is 4.40 Å². The molecule has 2 aromatic heterocycles. The van der Waals surface area contributed by atoms with Crippen LogP contribution in [0, 0.1) is 0 Å². The highest BCUT2D eigenvalue weighted by molar-refractivity contribution is 5.40. The van der Waals surface area contributed by atoms with Crippen LogP contribution in [0.25, 0.3) is 5.71 Å². The summed E-state index contributed by atoms with van der Waals surface area (Å²) in [6.07, 6.45) is 3.62. The van der Waals surface area contributed by atoms with Crippen molar-refractivity contribution in [2.75, 3.05) is 5.73 Å². The van der Waals surface area contributed by atoms with Gasteiger partial charge in [-0.15, -0.1) is 0 Å². The SMILES string of the molecule is Nc1cn2cccc2o1. The fraction of sp³-hybridized carbons (Fsp3) is 0. The zero-order valence-electron chi connectivity index (χ0n) is 4.74. The first-order valence-electron chi connectivity index (χ1n) is 2.68. The summed E-state index contributed by atoms with van der Waals surface area (Å²) in [6, 6.07) is 3.76. The molecule has 2 N–H and O–H groups in total. The molecule has 46 valence electrons. The molecule has 0 saturated heterocycles. The zero-order chi connectivity index (χ0) is 6.27. The fourth-order valence-electron chi connectivity index (χ4n) is 0.855. The number of hydrogen-bond acceptors (Lipinski definition) is 2. The lowest BCUT2D eigenvalue weighted by Crippen LogP contribution is -1.77. The van der Waals surface area contributed by atoms with E-state index < -0.39 is 0 Å². The molecule has 9 heavy (non-hydrogen) atoms. The quantitative estimate of drug-likeness (QED) is 0.568. The summed E-state index contributed by atoms with van der Waals surface area (Å²) in [5, 5.41) is 0. The summed E-state index contributed by atoms with van der Waals surface area (Å²) in [4.78, 5) is 0. The maximum absolute atomic E-state index is 5.35. The van der Waals surface area contributed by atoms with Crippen LogP contribution < -0.4 is 5.73 Å². The van der Waals surface area contributed by atoms with Crippen molar-refractivity contribution in [3.05, 3.63) is 24.5 Å². The number of nitrogens with zero attached hydrogens (tertiary/aromatic N) is 1. The number of anilines is 1. The van der Waals surface area contributed by atoms with Gasteiger partial charge in [0.25, 0.3) is 0 Å². The molecule has 0 radical (unpaired) electrons. The number of rotatable bonds is 0. The largest absolute Gasteiger partial charge is 0.423 e. The molecule has 0 spiro atoms. The average Bonchev–Trinajstić information content (AvgIpc) is 2.22.